The zero-order valence-electron chi connectivity index (χ0n) is 12.3. The number of methoxy groups -OCH3 is 1. The Morgan fingerprint density at radius 1 is 1.32 bits per heavy atom. The molecule has 1 aromatic carbocycles. The van der Waals surface area contributed by atoms with Crippen molar-refractivity contribution in [1.82, 2.24) is 15.6 Å². The molecule has 1 aliphatic rings. The number of thiazole rings is 1. The highest BCUT2D eigenvalue weighted by atomic mass is 127. The number of halogens is 1. The van der Waals surface area contributed by atoms with Crippen LogP contribution in [0.25, 0.3) is 10.6 Å². The van der Waals surface area contributed by atoms with E-state index in [1.807, 2.05) is 24.3 Å². The molecule has 1 aliphatic heterocycles. The third kappa shape index (κ3) is 4.33. The lowest BCUT2D eigenvalue weighted by Gasteiger charge is -2.15. The third-order valence-electron chi connectivity index (χ3n) is 3.22. The number of nitrogens with zero attached hydrogens (tertiary/aromatic N) is 2. The van der Waals surface area contributed by atoms with Crippen molar-refractivity contribution in [2.45, 2.75) is 13.0 Å². The van der Waals surface area contributed by atoms with Gasteiger partial charge in [0.2, 0.25) is 0 Å². The average molecular weight is 430 g/mol. The van der Waals surface area contributed by atoms with E-state index in [9.17, 15) is 0 Å². The molecule has 2 heterocycles. The Bertz CT molecular complexity index is 627. The van der Waals surface area contributed by atoms with Crippen molar-refractivity contribution in [3.63, 3.8) is 0 Å². The summed E-state index contributed by atoms with van der Waals surface area (Å²) in [6.45, 7) is 2.57. The Hall–Kier alpha value is -1.35. The zero-order chi connectivity index (χ0) is 14.5. The van der Waals surface area contributed by atoms with E-state index in [1.54, 1.807) is 18.4 Å². The van der Waals surface area contributed by atoms with Crippen LogP contribution >= 0.6 is 35.3 Å². The lowest BCUT2D eigenvalue weighted by molar-refractivity contribution is 0.415. The van der Waals surface area contributed by atoms with E-state index in [0.29, 0.717) is 6.54 Å². The largest absolute Gasteiger partial charge is 0.497 e. The van der Waals surface area contributed by atoms with Gasteiger partial charge < -0.3 is 15.4 Å². The quantitative estimate of drug-likeness (QED) is 0.733. The van der Waals surface area contributed by atoms with Crippen molar-refractivity contribution in [1.29, 1.82) is 0 Å². The Labute approximate surface area is 151 Å². The monoisotopic (exact) mass is 430 g/mol. The van der Waals surface area contributed by atoms with E-state index in [1.165, 1.54) is 0 Å². The summed E-state index contributed by atoms with van der Waals surface area (Å²) in [5.74, 6) is 1.74. The maximum atomic E-state index is 5.17. The second kappa shape index (κ2) is 8.33. The number of hydrogen-bond acceptors (Lipinski definition) is 6. The fourth-order valence-corrected chi connectivity index (χ4v) is 2.91. The van der Waals surface area contributed by atoms with Gasteiger partial charge in [0, 0.05) is 24.0 Å². The van der Waals surface area contributed by atoms with Gasteiger partial charge in [-0.05, 0) is 30.7 Å². The van der Waals surface area contributed by atoms with Gasteiger partial charge in [-0.25, -0.2) is 4.98 Å². The van der Waals surface area contributed by atoms with Gasteiger partial charge >= 0.3 is 0 Å². The summed E-state index contributed by atoms with van der Waals surface area (Å²) < 4.78 is 5.17. The smallest absolute Gasteiger partial charge is 0.191 e. The predicted octanol–water partition coefficient (Wildman–Crippen LogP) is 2.88. The molecule has 0 unspecified atom stereocenters. The summed E-state index contributed by atoms with van der Waals surface area (Å²) in [6.07, 6.45) is 1.10. The highest BCUT2D eigenvalue weighted by Gasteiger charge is 2.07. The average Bonchev–Trinajstić information content (AvgIpc) is 3.03. The molecule has 2 aromatic rings. The molecule has 3 rings (SSSR count). The van der Waals surface area contributed by atoms with Crippen LogP contribution in [0.1, 0.15) is 12.1 Å². The Morgan fingerprint density at radius 2 is 2.14 bits per heavy atom. The minimum Gasteiger partial charge on any atom is -0.497 e. The lowest BCUT2D eigenvalue weighted by atomic mass is 10.2. The second-order valence-corrected chi connectivity index (χ2v) is 5.59. The van der Waals surface area contributed by atoms with E-state index in [-0.39, 0.29) is 24.0 Å². The molecular formula is C15H19IN4OS. The number of hydrogen-bond donors (Lipinski definition) is 2. The van der Waals surface area contributed by atoms with E-state index in [2.05, 4.69) is 26.0 Å². The third-order valence-corrected chi connectivity index (χ3v) is 4.16. The first kappa shape index (κ1) is 17.0. The molecule has 0 saturated heterocycles. The molecule has 0 radical (unpaired) electrons. The Morgan fingerprint density at radius 3 is 2.82 bits per heavy atom. The molecule has 5 nitrogen and oxygen atoms in total. The first-order valence-electron chi connectivity index (χ1n) is 6.96. The van der Waals surface area contributed by atoms with Crippen LogP contribution in [0.4, 0.5) is 0 Å². The van der Waals surface area contributed by atoms with Crippen molar-refractivity contribution in [3.8, 4) is 16.3 Å². The molecule has 2 N–H and O–H groups in total. The molecule has 0 spiro atoms. The molecule has 22 heavy (non-hydrogen) atoms. The normalized spacial score (nSPS) is 13.6. The second-order valence-electron chi connectivity index (χ2n) is 4.74. The summed E-state index contributed by atoms with van der Waals surface area (Å²) in [5, 5.41) is 9.63. The van der Waals surface area contributed by atoms with Crippen molar-refractivity contribution >= 4 is 41.3 Å². The predicted molar refractivity (Wildman–Crippen MR) is 101 cm³/mol. The van der Waals surface area contributed by atoms with Crippen LogP contribution in [0.2, 0.25) is 0 Å². The van der Waals surface area contributed by atoms with Gasteiger partial charge in [0.1, 0.15) is 10.8 Å². The number of nitrogens with one attached hydrogen (secondary N) is 2. The molecule has 0 aliphatic carbocycles. The van der Waals surface area contributed by atoms with Crippen LogP contribution in [0.5, 0.6) is 5.75 Å². The minimum absolute atomic E-state index is 0. The molecule has 0 bridgehead atoms. The number of rotatable bonds is 4. The number of benzene rings is 1. The highest BCUT2D eigenvalue weighted by Crippen LogP contribution is 2.25. The molecule has 0 saturated carbocycles. The fraction of sp³-hybridized carbons (Fsp3) is 0.333. The van der Waals surface area contributed by atoms with Crippen LogP contribution in [0.3, 0.4) is 0 Å². The summed E-state index contributed by atoms with van der Waals surface area (Å²) in [5.41, 5.74) is 2.14. The van der Waals surface area contributed by atoms with E-state index >= 15 is 0 Å². The number of guanidine groups is 1. The number of aliphatic imine (C=N–C) groups is 1. The molecule has 7 heteroatoms. The molecule has 0 atom stereocenters. The summed E-state index contributed by atoms with van der Waals surface area (Å²) in [6, 6.07) is 7.97. The van der Waals surface area contributed by atoms with E-state index in [0.717, 1.165) is 47.5 Å². The van der Waals surface area contributed by atoms with Gasteiger partial charge in [-0.15, -0.1) is 35.3 Å². The molecule has 0 amide bonds. The Kier molecular flexibility index (Phi) is 6.44. The van der Waals surface area contributed by atoms with Gasteiger partial charge in [-0.3, -0.25) is 4.99 Å². The van der Waals surface area contributed by atoms with E-state index in [4.69, 9.17) is 4.74 Å². The first-order chi connectivity index (χ1) is 10.3. The van der Waals surface area contributed by atoms with Crippen LogP contribution in [0, 0.1) is 0 Å². The summed E-state index contributed by atoms with van der Waals surface area (Å²) in [4.78, 5) is 9.04. The van der Waals surface area contributed by atoms with Crippen LogP contribution in [0.15, 0.2) is 34.6 Å². The van der Waals surface area contributed by atoms with Crippen molar-refractivity contribution < 1.29 is 4.74 Å². The minimum atomic E-state index is 0. The Balaban J connectivity index is 0.00000176. The van der Waals surface area contributed by atoms with Gasteiger partial charge in [0.15, 0.2) is 5.96 Å². The molecule has 1 aromatic heterocycles. The van der Waals surface area contributed by atoms with Crippen LogP contribution < -0.4 is 15.4 Å². The topological polar surface area (TPSA) is 58.5 Å². The maximum absolute atomic E-state index is 5.17. The first-order valence-corrected chi connectivity index (χ1v) is 7.84. The van der Waals surface area contributed by atoms with Crippen molar-refractivity contribution in [2.75, 3.05) is 20.2 Å². The van der Waals surface area contributed by atoms with Crippen molar-refractivity contribution in [3.05, 3.63) is 35.3 Å². The van der Waals surface area contributed by atoms with Crippen LogP contribution in [-0.2, 0) is 6.54 Å². The van der Waals surface area contributed by atoms with Gasteiger partial charge in [-0.2, -0.15) is 0 Å². The zero-order valence-corrected chi connectivity index (χ0v) is 15.5. The maximum Gasteiger partial charge on any atom is 0.191 e. The molecule has 118 valence electrons. The number of aromatic nitrogens is 1. The summed E-state index contributed by atoms with van der Waals surface area (Å²) in [7, 11) is 1.67. The van der Waals surface area contributed by atoms with Gasteiger partial charge in [0.25, 0.3) is 0 Å². The number of ether oxygens (including phenoxy) is 1. The fourth-order valence-electron chi connectivity index (χ4n) is 2.08. The van der Waals surface area contributed by atoms with Gasteiger partial charge in [-0.1, -0.05) is 0 Å². The van der Waals surface area contributed by atoms with Crippen LogP contribution in [-0.4, -0.2) is 31.1 Å². The molecule has 0 fully saturated rings. The molecular weight excluding hydrogens is 411 g/mol. The van der Waals surface area contributed by atoms with Gasteiger partial charge in [0.05, 0.1) is 19.3 Å². The lowest BCUT2D eigenvalue weighted by Crippen LogP contribution is -2.40. The standard InChI is InChI=1S/C15H18N4OS.HI/c1-20-13-5-3-11(4-6-13)14-19-12(10-21-14)9-18-15-16-7-2-8-17-15;/h3-6,10H,2,7-9H2,1H3,(H2,16,17,18);1H. The highest BCUT2D eigenvalue weighted by molar-refractivity contribution is 14.0. The SMILES string of the molecule is COc1ccc(-c2nc(CNC3=NCCCN3)cs2)cc1.I. The summed E-state index contributed by atoms with van der Waals surface area (Å²) >= 11 is 1.65. The van der Waals surface area contributed by atoms with Crippen molar-refractivity contribution in [2.24, 2.45) is 4.99 Å². The van der Waals surface area contributed by atoms with E-state index < -0.39 is 0 Å².